The Morgan fingerprint density at radius 2 is 1.71 bits per heavy atom. The molecule has 0 spiro atoms. The van der Waals surface area contributed by atoms with Crippen LogP contribution in [0.5, 0.6) is 0 Å². The average Bonchev–Trinajstić information content (AvgIpc) is 3.53. The molecule has 4 aromatic rings. The summed E-state index contributed by atoms with van der Waals surface area (Å²) >= 11 is 0. The van der Waals surface area contributed by atoms with Crippen LogP contribution in [0.15, 0.2) is 81.9 Å². The molecule has 0 radical (unpaired) electrons. The van der Waals surface area contributed by atoms with Gasteiger partial charge in [0, 0.05) is 36.2 Å². The van der Waals surface area contributed by atoms with E-state index in [1.165, 1.54) is 0 Å². The van der Waals surface area contributed by atoms with Crippen LogP contribution in [-0.4, -0.2) is 33.1 Å². The molecule has 4 rings (SSSR count). The van der Waals surface area contributed by atoms with Crippen LogP contribution in [0.4, 0.5) is 0 Å². The first-order chi connectivity index (χ1) is 16.9. The summed E-state index contributed by atoms with van der Waals surface area (Å²) in [6.45, 7) is 4.50. The molecule has 180 valence electrons. The van der Waals surface area contributed by atoms with Crippen molar-refractivity contribution in [2.45, 2.75) is 45.7 Å². The summed E-state index contributed by atoms with van der Waals surface area (Å²) in [5.74, 6) is 0.434. The van der Waals surface area contributed by atoms with Crippen molar-refractivity contribution in [2.24, 2.45) is 0 Å². The highest BCUT2D eigenvalue weighted by molar-refractivity contribution is 5.94. The quantitative estimate of drug-likeness (QED) is 0.332. The van der Waals surface area contributed by atoms with E-state index in [1.54, 1.807) is 12.3 Å². The molecule has 1 amide bonds. The van der Waals surface area contributed by atoms with Crippen molar-refractivity contribution in [1.29, 1.82) is 0 Å². The monoisotopic (exact) mass is 472 g/mol. The van der Waals surface area contributed by atoms with E-state index in [-0.39, 0.29) is 18.4 Å². The number of carboxylic acids is 1. The highest BCUT2D eigenvalue weighted by atomic mass is 16.5. The van der Waals surface area contributed by atoms with Crippen LogP contribution in [0.2, 0.25) is 0 Å². The number of carbonyl (C=O) groups is 2. The minimum absolute atomic E-state index is 0.00755. The lowest BCUT2D eigenvalue weighted by Gasteiger charge is -2.28. The van der Waals surface area contributed by atoms with Crippen molar-refractivity contribution < 1.29 is 23.6 Å². The second-order valence-electron chi connectivity index (χ2n) is 8.71. The van der Waals surface area contributed by atoms with Crippen LogP contribution < -0.4 is 0 Å². The van der Waals surface area contributed by atoms with E-state index in [2.05, 4.69) is 5.16 Å². The number of benzene rings is 2. The molecular formula is C28H28N2O5. The summed E-state index contributed by atoms with van der Waals surface area (Å²) < 4.78 is 10.7. The number of aromatic nitrogens is 1. The topological polar surface area (TPSA) is 96.8 Å². The minimum Gasteiger partial charge on any atom is -0.481 e. The molecule has 7 heteroatoms. The van der Waals surface area contributed by atoms with Crippen molar-refractivity contribution >= 4 is 11.9 Å². The first-order valence-electron chi connectivity index (χ1n) is 11.6. The first kappa shape index (κ1) is 24.0. The Morgan fingerprint density at radius 1 is 0.971 bits per heavy atom. The van der Waals surface area contributed by atoms with E-state index in [4.69, 9.17) is 14.0 Å². The van der Waals surface area contributed by atoms with Crippen molar-refractivity contribution in [1.82, 2.24) is 10.1 Å². The van der Waals surface area contributed by atoms with E-state index in [1.807, 2.05) is 79.4 Å². The van der Waals surface area contributed by atoms with Crippen LogP contribution in [0.25, 0.3) is 11.3 Å². The summed E-state index contributed by atoms with van der Waals surface area (Å²) in [4.78, 5) is 26.1. The van der Waals surface area contributed by atoms with Gasteiger partial charge < -0.3 is 18.9 Å². The van der Waals surface area contributed by atoms with Gasteiger partial charge in [0.15, 0.2) is 0 Å². The Balaban J connectivity index is 1.47. The number of hydrogen-bond acceptors (Lipinski definition) is 5. The Kier molecular flexibility index (Phi) is 7.45. The average molecular weight is 473 g/mol. The van der Waals surface area contributed by atoms with Crippen LogP contribution in [0, 0.1) is 0 Å². The van der Waals surface area contributed by atoms with Gasteiger partial charge in [0.1, 0.15) is 11.5 Å². The number of furan rings is 1. The largest absolute Gasteiger partial charge is 0.481 e. The molecule has 2 heterocycles. The second-order valence-corrected chi connectivity index (χ2v) is 8.71. The summed E-state index contributed by atoms with van der Waals surface area (Å²) in [5, 5.41) is 12.7. The highest BCUT2D eigenvalue weighted by Gasteiger charge is 2.21. The van der Waals surface area contributed by atoms with Gasteiger partial charge in [0.25, 0.3) is 5.91 Å². The normalized spacial score (nSPS) is 11.1. The van der Waals surface area contributed by atoms with Crippen molar-refractivity contribution in [3.63, 3.8) is 0 Å². The lowest BCUT2D eigenvalue weighted by atomic mass is 10.0. The predicted molar refractivity (Wildman–Crippen MR) is 131 cm³/mol. The van der Waals surface area contributed by atoms with E-state index >= 15 is 0 Å². The fourth-order valence-electron chi connectivity index (χ4n) is 3.98. The first-order valence-corrected chi connectivity index (χ1v) is 11.6. The van der Waals surface area contributed by atoms with E-state index in [0.717, 1.165) is 22.5 Å². The van der Waals surface area contributed by atoms with E-state index in [0.29, 0.717) is 36.4 Å². The fourth-order valence-corrected chi connectivity index (χ4v) is 3.98. The predicted octanol–water partition coefficient (Wildman–Crippen LogP) is 5.40. The van der Waals surface area contributed by atoms with Crippen molar-refractivity contribution in [3.05, 3.63) is 101 Å². The fraction of sp³-hybridized carbons (Fsp3) is 0.250. The zero-order valence-corrected chi connectivity index (χ0v) is 19.8. The van der Waals surface area contributed by atoms with Gasteiger partial charge in [-0.3, -0.25) is 9.59 Å². The van der Waals surface area contributed by atoms with Gasteiger partial charge in [-0.15, -0.1) is 0 Å². The maximum absolute atomic E-state index is 13.4. The van der Waals surface area contributed by atoms with Gasteiger partial charge in [0.05, 0.1) is 18.4 Å². The van der Waals surface area contributed by atoms with Crippen LogP contribution in [-0.2, 0) is 30.6 Å². The van der Waals surface area contributed by atoms with E-state index < -0.39 is 5.97 Å². The second kappa shape index (κ2) is 10.9. The molecule has 0 atom stereocenters. The smallest absolute Gasteiger partial charge is 0.309 e. The number of aryl methyl sites for hydroxylation is 2. The number of rotatable bonds is 10. The van der Waals surface area contributed by atoms with Gasteiger partial charge in [-0.25, -0.2) is 0 Å². The molecule has 2 aromatic heterocycles. The Morgan fingerprint density at radius 3 is 2.37 bits per heavy atom. The van der Waals surface area contributed by atoms with Crippen LogP contribution in [0.3, 0.4) is 0 Å². The van der Waals surface area contributed by atoms with Crippen molar-refractivity contribution in [3.8, 4) is 11.3 Å². The third-order valence-corrected chi connectivity index (χ3v) is 5.86. The number of nitrogens with zero attached hydrogens (tertiary/aromatic N) is 2. The van der Waals surface area contributed by atoms with Gasteiger partial charge >= 0.3 is 5.97 Å². The molecule has 0 bridgehead atoms. The summed E-state index contributed by atoms with van der Waals surface area (Å²) in [7, 11) is 0. The van der Waals surface area contributed by atoms with Gasteiger partial charge in [-0.1, -0.05) is 41.6 Å². The van der Waals surface area contributed by atoms with Crippen molar-refractivity contribution in [2.75, 3.05) is 0 Å². The lowest BCUT2D eigenvalue weighted by Crippen LogP contribution is -2.36. The molecule has 0 fully saturated rings. The molecular weight excluding hydrogens is 444 g/mol. The maximum Gasteiger partial charge on any atom is 0.309 e. The molecule has 0 aliphatic heterocycles. The number of amides is 1. The lowest BCUT2D eigenvalue weighted by molar-refractivity contribution is -0.136. The maximum atomic E-state index is 13.4. The molecule has 0 saturated heterocycles. The van der Waals surface area contributed by atoms with Crippen LogP contribution in [0.1, 0.15) is 46.8 Å². The Bertz CT molecular complexity index is 1270. The zero-order chi connectivity index (χ0) is 24.8. The Hall–Kier alpha value is -4.13. The summed E-state index contributed by atoms with van der Waals surface area (Å²) in [6.07, 6.45) is 2.75. The third kappa shape index (κ3) is 6.06. The van der Waals surface area contributed by atoms with Gasteiger partial charge in [-0.2, -0.15) is 0 Å². The number of hydrogen-bond donors (Lipinski definition) is 1. The molecule has 0 unspecified atom stereocenters. The summed E-state index contributed by atoms with van der Waals surface area (Å²) in [5.41, 5.74) is 4.13. The Labute approximate surface area is 204 Å². The molecule has 1 N–H and O–H groups in total. The number of carbonyl (C=O) groups excluding carboxylic acids is 1. The number of carboxylic acid groups (broad SMARTS) is 1. The SMILES string of the molecule is CC(C)N(Cc1ccccc1CCc1cc(CC(=O)O)no1)C(=O)c1ccc(-c2ccco2)cc1. The summed E-state index contributed by atoms with van der Waals surface area (Å²) in [6, 6.07) is 20.9. The van der Waals surface area contributed by atoms with Gasteiger partial charge in [-0.05, 0) is 55.7 Å². The molecule has 7 nitrogen and oxygen atoms in total. The minimum atomic E-state index is -0.941. The molecule has 0 saturated carbocycles. The number of aliphatic carboxylic acids is 1. The molecule has 0 aliphatic carbocycles. The standard InChI is InChI=1S/C28H28N2O5/c1-19(2)30(28(33)22-11-9-21(10-12-22)26-8-5-15-34-26)18-23-7-4-3-6-20(23)13-14-25-16-24(29-35-25)17-27(31)32/h3-12,15-16,19H,13-14,17-18H2,1-2H3,(H,31,32). The molecule has 2 aromatic carbocycles. The van der Waals surface area contributed by atoms with E-state index in [9.17, 15) is 9.59 Å². The van der Waals surface area contributed by atoms with Crippen LogP contribution >= 0.6 is 0 Å². The van der Waals surface area contributed by atoms with Gasteiger partial charge in [0.2, 0.25) is 0 Å². The zero-order valence-electron chi connectivity index (χ0n) is 19.8. The molecule has 35 heavy (non-hydrogen) atoms. The highest BCUT2D eigenvalue weighted by Crippen LogP contribution is 2.22. The third-order valence-electron chi connectivity index (χ3n) is 5.86. The molecule has 0 aliphatic rings.